The van der Waals surface area contributed by atoms with Gasteiger partial charge in [0.25, 0.3) is 0 Å². The Kier molecular flexibility index (Phi) is 24.3. The molecule has 0 aromatic rings. The molecule has 0 saturated heterocycles. The van der Waals surface area contributed by atoms with Crippen molar-refractivity contribution in [2.45, 2.75) is 0 Å². The van der Waals surface area contributed by atoms with E-state index in [0.717, 1.165) is 0 Å². The molecule has 0 unspecified atom stereocenters. The minimum Gasteiger partial charge on any atom is -0.352 e. The Bertz CT molecular complexity index is 36.5. The molecule has 0 saturated carbocycles. The van der Waals surface area contributed by atoms with Crippen molar-refractivity contribution in [2.75, 3.05) is 0 Å². The van der Waals surface area contributed by atoms with Gasteiger partial charge in [0.2, 0.25) is 0 Å². The van der Waals surface area contributed by atoms with Crippen molar-refractivity contribution >= 4 is 6.03 Å². The second-order valence-electron chi connectivity index (χ2n) is 0.402. The normalized spacial score (nSPS) is 4.00. The van der Waals surface area contributed by atoms with Crippen LogP contribution in [0, 0.1) is 0 Å². The molecule has 5 heteroatoms. The van der Waals surface area contributed by atoms with Gasteiger partial charge in [-0.1, -0.05) is 0 Å². The average Bonchev–Trinajstić information content (AvgIpc) is 0.811. The first kappa shape index (κ1) is 16.1. The van der Waals surface area contributed by atoms with Gasteiger partial charge < -0.3 is 11.5 Å². The van der Waals surface area contributed by atoms with Gasteiger partial charge in [0, 0.05) is 36.5 Å². The number of hydrogen-bond acceptors (Lipinski definition) is 1. The Morgan fingerprint density at radius 2 is 1.33 bits per heavy atom. The van der Waals surface area contributed by atoms with Gasteiger partial charge in [-0.3, -0.25) is 0 Å². The molecule has 0 aliphatic carbocycles. The average molecular weight is 181 g/mol. The summed E-state index contributed by atoms with van der Waals surface area (Å²) in [6.45, 7) is 0. The molecule has 4 N–H and O–H groups in total. The number of carbonyl (C=O) groups is 1. The van der Waals surface area contributed by atoms with Gasteiger partial charge in [-0.2, -0.15) is 0 Å². The summed E-state index contributed by atoms with van der Waals surface area (Å²) in [5, 5.41) is 0. The quantitative estimate of drug-likeness (QED) is 0.463. The maximum absolute atomic E-state index is 9.00. The van der Waals surface area contributed by atoms with Crippen molar-refractivity contribution < 1.29 is 41.3 Å². The number of urea groups is 1. The van der Waals surface area contributed by atoms with E-state index in [9.17, 15) is 0 Å². The van der Waals surface area contributed by atoms with Crippen LogP contribution in [-0.4, -0.2) is 6.03 Å². The standard InChI is InChI=1S/CH4N2O.Fe.Zn/c2-1(3)4;;/h(H4,2,3,4);;. The number of primary amides is 2. The van der Waals surface area contributed by atoms with Crippen LogP contribution in [0.2, 0.25) is 0 Å². The molecule has 0 aromatic heterocycles. The molecule has 6 heavy (non-hydrogen) atoms. The van der Waals surface area contributed by atoms with E-state index in [2.05, 4.69) is 11.5 Å². The zero-order valence-corrected chi connectivity index (χ0v) is 7.19. The molecule has 0 aromatic carbocycles. The molecule has 34 valence electrons. The summed E-state index contributed by atoms with van der Waals surface area (Å²) >= 11 is 0. The fourth-order valence-corrected chi connectivity index (χ4v) is 0. The smallest absolute Gasteiger partial charge is 0.309 e. The number of nitrogens with two attached hydrogens (primary N) is 2. The van der Waals surface area contributed by atoms with E-state index < -0.39 is 6.03 Å². The van der Waals surface area contributed by atoms with Gasteiger partial charge in [0.05, 0.1) is 0 Å². The first-order chi connectivity index (χ1) is 1.73. The summed E-state index contributed by atoms with van der Waals surface area (Å²) in [7, 11) is 0. The summed E-state index contributed by atoms with van der Waals surface area (Å²) in [5.74, 6) is 0. The summed E-state index contributed by atoms with van der Waals surface area (Å²) in [5.41, 5.74) is 8.50. The van der Waals surface area contributed by atoms with Crippen molar-refractivity contribution in [3.8, 4) is 0 Å². The predicted octanol–water partition coefficient (Wildman–Crippen LogP) is -0.981. The van der Waals surface area contributed by atoms with Crippen molar-refractivity contribution in [3.05, 3.63) is 0 Å². The third-order valence-electron chi connectivity index (χ3n) is 0. The van der Waals surface area contributed by atoms with Crippen molar-refractivity contribution in [1.29, 1.82) is 0 Å². The van der Waals surface area contributed by atoms with Crippen LogP contribution in [0.1, 0.15) is 0 Å². The Balaban J connectivity index is -0.0000000450. The van der Waals surface area contributed by atoms with E-state index >= 15 is 0 Å². The van der Waals surface area contributed by atoms with Gasteiger partial charge >= 0.3 is 6.03 Å². The van der Waals surface area contributed by atoms with Crippen LogP contribution in [0.15, 0.2) is 0 Å². The Morgan fingerprint density at radius 3 is 1.33 bits per heavy atom. The van der Waals surface area contributed by atoms with E-state index in [4.69, 9.17) is 4.79 Å². The zero-order chi connectivity index (χ0) is 3.58. The third-order valence-corrected chi connectivity index (χ3v) is 0. The molecule has 3 nitrogen and oxygen atoms in total. The van der Waals surface area contributed by atoms with Crippen LogP contribution in [0.3, 0.4) is 0 Å². The predicted molar refractivity (Wildman–Crippen MR) is 13.8 cm³/mol. The van der Waals surface area contributed by atoms with Crippen LogP contribution >= 0.6 is 0 Å². The molecule has 0 atom stereocenters. The summed E-state index contributed by atoms with van der Waals surface area (Å²) in [4.78, 5) is 9.00. The van der Waals surface area contributed by atoms with Crippen LogP contribution in [0.25, 0.3) is 0 Å². The molecule has 0 radical (unpaired) electrons. The zero-order valence-electron chi connectivity index (χ0n) is 3.12. The maximum atomic E-state index is 9.00. The van der Waals surface area contributed by atoms with Crippen molar-refractivity contribution in [3.63, 3.8) is 0 Å². The first-order valence-corrected chi connectivity index (χ1v) is 0.781. The molecular weight excluding hydrogens is 177 g/mol. The summed E-state index contributed by atoms with van der Waals surface area (Å²) in [6.07, 6.45) is 0. The van der Waals surface area contributed by atoms with E-state index in [0.29, 0.717) is 0 Å². The second-order valence-corrected chi connectivity index (χ2v) is 0.402. The fraction of sp³-hybridized carbons (Fsp3) is 0. The van der Waals surface area contributed by atoms with Gasteiger partial charge in [-0.25, -0.2) is 4.79 Å². The molecule has 0 heterocycles. The monoisotopic (exact) mass is 180 g/mol. The number of hydrogen-bond donors (Lipinski definition) is 2. The minimum absolute atomic E-state index is 0. The molecule has 0 aliphatic rings. The van der Waals surface area contributed by atoms with Gasteiger partial charge in [-0.15, -0.1) is 0 Å². The summed E-state index contributed by atoms with van der Waals surface area (Å²) < 4.78 is 0. The second kappa shape index (κ2) is 9.05. The van der Waals surface area contributed by atoms with E-state index in [-0.39, 0.29) is 36.5 Å². The number of rotatable bonds is 0. The number of amides is 2. The minimum atomic E-state index is -0.833. The largest absolute Gasteiger partial charge is 0.352 e. The van der Waals surface area contributed by atoms with Crippen LogP contribution in [0.5, 0.6) is 0 Å². The first-order valence-electron chi connectivity index (χ1n) is 0.781. The Hall–Kier alpha value is 0.413. The van der Waals surface area contributed by atoms with Crippen LogP contribution in [-0.2, 0) is 36.5 Å². The Labute approximate surface area is 59.1 Å². The van der Waals surface area contributed by atoms with E-state index in [1.165, 1.54) is 0 Å². The van der Waals surface area contributed by atoms with Crippen molar-refractivity contribution in [1.82, 2.24) is 0 Å². The maximum Gasteiger partial charge on any atom is 0.309 e. The fourth-order valence-electron chi connectivity index (χ4n) is 0. The van der Waals surface area contributed by atoms with Crippen LogP contribution in [0.4, 0.5) is 4.79 Å². The molecule has 0 rings (SSSR count). The van der Waals surface area contributed by atoms with Gasteiger partial charge in [0.15, 0.2) is 0 Å². The molecule has 0 aliphatic heterocycles. The third kappa shape index (κ3) is 302. The molecule has 0 fully saturated rings. The van der Waals surface area contributed by atoms with Crippen molar-refractivity contribution in [2.24, 2.45) is 11.5 Å². The summed E-state index contributed by atoms with van der Waals surface area (Å²) in [6, 6.07) is -0.833. The molecule has 0 spiro atoms. The van der Waals surface area contributed by atoms with Gasteiger partial charge in [-0.05, 0) is 0 Å². The molecular formula is CH4FeN2OZn. The SMILES string of the molecule is NC(N)=O.[Fe].[Zn]. The number of carbonyl (C=O) groups excluding carboxylic acids is 1. The van der Waals surface area contributed by atoms with E-state index in [1.54, 1.807) is 0 Å². The van der Waals surface area contributed by atoms with Crippen LogP contribution < -0.4 is 11.5 Å². The molecule has 0 bridgehead atoms. The topological polar surface area (TPSA) is 69.1 Å². The van der Waals surface area contributed by atoms with Gasteiger partial charge in [0.1, 0.15) is 0 Å². The Morgan fingerprint density at radius 1 is 1.33 bits per heavy atom. The van der Waals surface area contributed by atoms with E-state index in [1.807, 2.05) is 0 Å². The molecule has 2 amide bonds.